The lowest BCUT2D eigenvalue weighted by atomic mass is 10.1. The van der Waals surface area contributed by atoms with E-state index in [0.717, 1.165) is 15.3 Å². The molecule has 2 saturated heterocycles. The van der Waals surface area contributed by atoms with E-state index >= 15 is 0 Å². The van der Waals surface area contributed by atoms with Crippen LogP contribution in [0.25, 0.3) is 11.2 Å². The van der Waals surface area contributed by atoms with Gasteiger partial charge in [-0.25, -0.2) is 23.1 Å². The van der Waals surface area contributed by atoms with Gasteiger partial charge in [-0.2, -0.15) is 13.6 Å². The molecule has 3 aromatic rings. The van der Waals surface area contributed by atoms with Gasteiger partial charge >= 0.3 is 34.8 Å². The molecule has 0 spiro atoms. The maximum absolute atomic E-state index is 12.4. The minimum atomic E-state index is -5.98. The van der Waals surface area contributed by atoms with Crippen molar-refractivity contribution in [2.45, 2.75) is 49.1 Å². The quantitative estimate of drug-likeness (QED) is 0.0614. The van der Waals surface area contributed by atoms with Crippen LogP contribution < -0.4 is 27.3 Å². The number of aromatic amines is 1. The molecule has 0 amide bonds. The number of ether oxygens (including phenoxy) is 2. The lowest BCUT2D eigenvalue weighted by Crippen LogP contribution is -2.46. The molecule has 3 aromatic heterocycles. The number of fused-ring (bicyclic) bond motifs is 1. The van der Waals surface area contributed by atoms with E-state index in [1.165, 1.54) is 24.0 Å². The number of phosphoric acid groups is 3. The van der Waals surface area contributed by atoms with Gasteiger partial charge in [-0.15, -0.1) is 0 Å². The number of aliphatic hydroxyl groups is 4. The molecule has 29 heteroatoms. The number of rotatable bonds is 12. The zero-order valence-electron chi connectivity index (χ0n) is 24.6. The van der Waals surface area contributed by atoms with Gasteiger partial charge in [-0.1, -0.05) is 4.98 Å². The van der Waals surface area contributed by atoms with Gasteiger partial charge in [-0.05, 0) is 6.07 Å². The van der Waals surface area contributed by atoms with Crippen LogP contribution in [0.3, 0.4) is 0 Å². The number of nitrogens with zero attached hydrogens (tertiary/aromatic N) is 5. The highest BCUT2D eigenvalue weighted by atomic mass is 31.3. The second-order valence-corrected chi connectivity index (χ2v) is 15.2. The average Bonchev–Trinajstić information content (AvgIpc) is 3.55. The third-order valence-corrected chi connectivity index (χ3v) is 11.3. The van der Waals surface area contributed by atoms with E-state index in [1.54, 1.807) is 0 Å². The fourth-order valence-electron chi connectivity index (χ4n) is 4.93. The van der Waals surface area contributed by atoms with Crippen LogP contribution in [0.1, 0.15) is 12.5 Å². The van der Waals surface area contributed by atoms with Crippen LogP contribution in [0.2, 0.25) is 0 Å². The Morgan fingerprint density at radius 3 is 2.06 bits per heavy atom. The van der Waals surface area contributed by atoms with Crippen LogP contribution >= 0.6 is 23.5 Å². The Balaban J connectivity index is 1.17. The first-order valence-corrected chi connectivity index (χ1v) is 18.0. The van der Waals surface area contributed by atoms with Crippen molar-refractivity contribution in [3.05, 3.63) is 39.4 Å². The summed E-state index contributed by atoms with van der Waals surface area (Å²) in [4.78, 5) is 63.8. The lowest BCUT2D eigenvalue weighted by Gasteiger charge is -2.21. The molecule has 5 rings (SSSR count). The number of anilines is 2. The number of imidazole rings is 1. The predicted molar refractivity (Wildman–Crippen MR) is 154 cm³/mol. The van der Waals surface area contributed by atoms with Gasteiger partial charge in [0.15, 0.2) is 12.6 Å². The van der Waals surface area contributed by atoms with Crippen LogP contribution in [-0.2, 0) is 47.9 Å². The van der Waals surface area contributed by atoms with Gasteiger partial charge in [0, 0.05) is 6.20 Å². The van der Waals surface area contributed by atoms with Gasteiger partial charge < -0.3 is 56.0 Å². The van der Waals surface area contributed by atoms with Gasteiger partial charge in [0.05, 0.1) is 20.3 Å². The van der Waals surface area contributed by atoms with Crippen LogP contribution in [0.15, 0.2) is 28.2 Å². The van der Waals surface area contributed by atoms with E-state index in [1.807, 2.05) is 0 Å². The van der Waals surface area contributed by atoms with Gasteiger partial charge in [0.1, 0.15) is 42.4 Å². The third-order valence-electron chi connectivity index (χ3n) is 7.08. The third kappa shape index (κ3) is 8.00. The number of phosphoric ester groups is 2. The summed E-state index contributed by atoms with van der Waals surface area (Å²) in [6.07, 6.45) is -11.0. The van der Waals surface area contributed by atoms with Gasteiger partial charge in [-0.3, -0.25) is 28.0 Å². The highest BCUT2D eigenvalue weighted by molar-refractivity contribution is 7.66. The topological polar surface area (TPSA) is 390 Å². The number of hydrogen-bond donors (Lipinski definition) is 10. The molecule has 2 aliphatic rings. The van der Waals surface area contributed by atoms with Gasteiger partial charge in [0.2, 0.25) is 11.7 Å². The summed E-state index contributed by atoms with van der Waals surface area (Å²) in [6, 6.07) is 1.18. The number of nitrogens with two attached hydrogens (primary N) is 2. The second kappa shape index (κ2) is 13.6. The molecule has 272 valence electrons. The van der Waals surface area contributed by atoms with Crippen molar-refractivity contribution in [1.82, 2.24) is 24.1 Å². The fourth-order valence-corrected chi connectivity index (χ4v) is 8.45. The van der Waals surface area contributed by atoms with Crippen LogP contribution in [0, 0.1) is 0 Å². The van der Waals surface area contributed by atoms with Crippen molar-refractivity contribution in [3.63, 3.8) is 0 Å². The molecule has 0 bridgehead atoms. The molecule has 11 atom stereocenters. The number of nitrogens with one attached hydrogen (secondary N) is 1. The molecule has 26 nitrogen and oxygen atoms in total. The average molecular weight is 763 g/mol. The fraction of sp³-hybridized carbons (Fsp3) is 0.550. The van der Waals surface area contributed by atoms with E-state index in [4.69, 9.17) is 20.9 Å². The van der Waals surface area contributed by atoms with Crippen molar-refractivity contribution >= 4 is 46.4 Å². The zero-order valence-corrected chi connectivity index (χ0v) is 27.3. The molecule has 3 unspecified atom stereocenters. The molecule has 49 heavy (non-hydrogen) atoms. The summed E-state index contributed by atoms with van der Waals surface area (Å²) >= 11 is 0. The summed E-state index contributed by atoms with van der Waals surface area (Å²) in [5.41, 5.74) is 9.33. The Kier molecular flexibility index (Phi) is 10.4. The second-order valence-electron chi connectivity index (χ2n) is 10.6. The van der Waals surface area contributed by atoms with Crippen molar-refractivity contribution in [2.75, 3.05) is 24.7 Å². The SMILES string of the molecule is Cn1c[n+]([C@@H]2O[C@H](COP(=O)(O)OP(=O)(O)OP(=O)(O)OC[C@H]3O[C@@H](n4ccc(N)nc4=O)[C@H](O)[C@@H]3O)[C@@H](O)[C@H]2O)c2nc(N)[nH]c(=O)c21. The molecular weight excluding hydrogens is 733 g/mol. The number of aromatic nitrogens is 6. The maximum atomic E-state index is 12.4. The highest BCUT2D eigenvalue weighted by Crippen LogP contribution is 2.67. The van der Waals surface area contributed by atoms with Crippen molar-refractivity contribution in [2.24, 2.45) is 7.05 Å². The van der Waals surface area contributed by atoms with E-state index in [-0.39, 0.29) is 22.9 Å². The molecule has 2 aliphatic heterocycles. The number of nitrogen functional groups attached to an aromatic ring is 2. The maximum Gasteiger partial charge on any atom is 0.490 e. The van der Waals surface area contributed by atoms with E-state index in [2.05, 4.69) is 32.6 Å². The molecule has 0 aromatic carbocycles. The Hall–Kier alpha value is -3.00. The Labute approximate surface area is 271 Å². The van der Waals surface area contributed by atoms with E-state index < -0.39 is 97.0 Å². The van der Waals surface area contributed by atoms with Crippen LogP contribution in [0.4, 0.5) is 11.8 Å². The summed E-state index contributed by atoms with van der Waals surface area (Å²) < 4.78 is 68.2. The minimum Gasteiger partial charge on any atom is -0.387 e. The highest BCUT2D eigenvalue weighted by Gasteiger charge is 2.50. The number of aliphatic hydroxyl groups excluding tert-OH is 4. The molecule has 2 fully saturated rings. The first kappa shape index (κ1) is 37.3. The summed E-state index contributed by atoms with van der Waals surface area (Å²) in [5.74, 6) is -0.433. The number of aryl methyl sites for hydroxylation is 1. The van der Waals surface area contributed by atoms with Crippen molar-refractivity contribution in [3.8, 4) is 0 Å². The zero-order chi connectivity index (χ0) is 36.2. The van der Waals surface area contributed by atoms with E-state index in [9.17, 15) is 58.4 Å². The molecule has 5 heterocycles. The Morgan fingerprint density at radius 2 is 1.47 bits per heavy atom. The molecule has 12 N–H and O–H groups in total. The van der Waals surface area contributed by atoms with E-state index in [0.29, 0.717) is 0 Å². The normalized spacial score (nSPS) is 31.0. The molecule has 0 aliphatic carbocycles. The minimum absolute atomic E-state index is 0.0117. The number of hydrogen-bond acceptors (Lipinski definition) is 19. The Bertz CT molecular complexity index is 1990. The molecule has 0 saturated carbocycles. The largest absolute Gasteiger partial charge is 0.490 e. The summed E-state index contributed by atoms with van der Waals surface area (Å²) in [5, 5.41) is 41.6. The first-order valence-electron chi connectivity index (χ1n) is 13.5. The summed E-state index contributed by atoms with van der Waals surface area (Å²) in [6.45, 7) is -2.18. The monoisotopic (exact) mass is 763 g/mol. The van der Waals surface area contributed by atoms with Crippen LogP contribution in [0.5, 0.6) is 0 Å². The molecule has 0 radical (unpaired) electrons. The number of H-pyrrole nitrogens is 1. The van der Waals surface area contributed by atoms with Crippen LogP contribution in [-0.4, -0.2) is 109 Å². The Morgan fingerprint density at radius 1 is 0.898 bits per heavy atom. The van der Waals surface area contributed by atoms with Crippen molar-refractivity contribution in [1.29, 1.82) is 0 Å². The molecular formula is C20H30N8O18P3+. The first-order chi connectivity index (χ1) is 22.7. The standard InChI is InChI=1S/C20H29N8O18P3/c1-26-6-28(15-10(26)16(33)25-19(22)24-15)18-14(32)12(30)8(44-18)5-42-48(37,38)46-49(39,40)45-47(35,36)41-4-7-11(29)13(31)17(43-7)27-3-2-9(21)23-20(27)34/h2-3,6-8,11-14,17-18,29-32H,4-5H2,1H3,(H7-,21,22,23,24,25,33,34,35,36,37,38,39,40)/p+1/t7-,8-,11-,12-,13-,14-,17-,18-/m1/s1. The van der Waals surface area contributed by atoms with Gasteiger partial charge in [0.25, 0.3) is 11.5 Å². The summed E-state index contributed by atoms with van der Waals surface area (Å²) in [7, 11) is -15.9. The predicted octanol–water partition coefficient (Wildman–Crippen LogP) is -4.42. The van der Waals surface area contributed by atoms with Crippen molar-refractivity contribution < 1.29 is 80.5 Å². The smallest absolute Gasteiger partial charge is 0.387 e. The lowest BCUT2D eigenvalue weighted by molar-refractivity contribution is -0.745.